The van der Waals surface area contributed by atoms with Crippen molar-refractivity contribution in [1.82, 2.24) is 9.97 Å². The number of aryl methyl sites for hydroxylation is 1. The van der Waals surface area contributed by atoms with Gasteiger partial charge < -0.3 is 19.8 Å². The molecule has 3 heterocycles. The van der Waals surface area contributed by atoms with Crippen molar-refractivity contribution in [2.75, 3.05) is 6.61 Å². The normalized spacial score (nSPS) is 14.4. The molecule has 0 unspecified atom stereocenters. The number of nitrogens with zero attached hydrogens (tertiary/aromatic N) is 1. The second-order valence-electron chi connectivity index (χ2n) is 9.34. The SMILES string of the molecule is CCCOC1=CC(c2ccc[nH]2)=NC1=Cc1ccc(CCCCCCCCCCCCC(=O)O)[nH]1. The Bertz CT molecular complexity index is 983. The van der Waals surface area contributed by atoms with Crippen LogP contribution < -0.4 is 0 Å². The maximum atomic E-state index is 10.5. The van der Waals surface area contributed by atoms with Crippen LogP contribution >= 0.6 is 0 Å². The number of nitrogens with one attached hydrogen (secondary N) is 2. The molecule has 0 radical (unpaired) electrons. The summed E-state index contributed by atoms with van der Waals surface area (Å²) >= 11 is 0. The highest BCUT2D eigenvalue weighted by molar-refractivity contribution is 6.11. The van der Waals surface area contributed by atoms with Crippen LogP contribution in [0.4, 0.5) is 0 Å². The Balaban J connectivity index is 1.35. The number of aliphatic imine (C=N–C) groups is 1. The lowest BCUT2D eigenvalue weighted by Crippen LogP contribution is -1.95. The number of H-pyrrole nitrogens is 2. The first-order chi connectivity index (χ1) is 17.2. The van der Waals surface area contributed by atoms with Gasteiger partial charge in [0.25, 0.3) is 0 Å². The van der Waals surface area contributed by atoms with Crippen LogP contribution in [0.15, 0.2) is 53.0 Å². The molecule has 0 aromatic carbocycles. The first-order valence-electron chi connectivity index (χ1n) is 13.3. The maximum absolute atomic E-state index is 10.5. The van der Waals surface area contributed by atoms with Crippen molar-refractivity contribution in [3.05, 3.63) is 65.1 Å². The molecule has 0 amide bonds. The molecule has 0 bridgehead atoms. The average Bonchev–Trinajstić information content (AvgIpc) is 3.60. The quantitative estimate of drug-likeness (QED) is 0.194. The second kappa shape index (κ2) is 15.1. The summed E-state index contributed by atoms with van der Waals surface area (Å²) in [5.41, 5.74) is 5.08. The van der Waals surface area contributed by atoms with Gasteiger partial charge >= 0.3 is 5.97 Å². The molecular weight excluding hydrogens is 438 g/mol. The lowest BCUT2D eigenvalue weighted by Gasteiger charge is -2.05. The lowest BCUT2D eigenvalue weighted by molar-refractivity contribution is -0.137. The highest BCUT2D eigenvalue weighted by Crippen LogP contribution is 2.25. The Hall–Kier alpha value is -3.02. The van der Waals surface area contributed by atoms with Gasteiger partial charge in [0.05, 0.1) is 18.0 Å². The molecule has 0 aliphatic carbocycles. The monoisotopic (exact) mass is 479 g/mol. The number of carbonyl (C=O) groups is 1. The standard InChI is InChI=1S/C29H41N3O3/c1-2-20-35-28-22-26(25-15-13-19-30-25)32-27(28)21-24-18-17-23(31-24)14-11-9-7-5-3-4-6-8-10-12-16-29(33)34/h13,15,17-19,21-22,30-31H,2-12,14,16,20H2,1H3,(H,33,34). The van der Waals surface area contributed by atoms with Gasteiger partial charge in [-0.25, -0.2) is 4.99 Å². The highest BCUT2D eigenvalue weighted by Gasteiger charge is 2.18. The number of unbranched alkanes of at least 4 members (excludes halogenated alkanes) is 9. The summed E-state index contributed by atoms with van der Waals surface area (Å²) in [6, 6.07) is 8.30. The van der Waals surface area contributed by atoms with E-state index in [0.717, 1.165) is 54.2 Å². The first kappa shape index (κ1) is 26.6. The molecule has 35 heavy (non-hydrogen) atoms. The van der Waals surface area contributed by atoms with Gasteiger partial charge in [0.1, 0.15) is 11.5 Å². The van der Waals surface area contributed by atoms with E-state index < -0.39 is 5.97 Å². The van der Waals surface area contributed by atoms with Gasteiger partial charge in [-0.05, 0) is 56.0 Å². The van der Waals surface area contributed by atoms with Gasteiger partial charge in [-0.15, -0.1) is 0 Å². The van der Waals surface area contributed by atoms with Crippen molar-refractivity contribution in [2.45, 2.75) is 90.4 Å². The minimum Gasteiger partial charge on any atom is -0.491 e. The van der Waals surface area contributed by atoms with E-state index in [1.165, 1.54) is 57.1 Å². The number of rotatable bonds is 18. The van der Waals surface area contributed by atoms with Gasteiger partial charge in [0, 0.05) is 30.1 Å². The van der Waals surface area contributed by atoms with Gasteiger partial charge in [-0.2, -0.15) is 0 Å². The zero-order valence-electron chi connectivity index (χ0n) is 21.2. The van der Waals surface area contributed by atoms with Gasteiger partial charge in [0.15, 0.2) is 0 Å². The fourth-order valence-electron chi connectivity index (χ4n) is 4.32. The molecule has 3 rings (SSSR count). The van der Waals surface area contributed by atoms with E-state index >= 15 is 0 Å². The molecule has 0 saturated carbocycles. The Morgan fingerprint density at radius 3 is 2.37 bits per heavy atom. The summed E-state index contributed by atoms with van der Waals surface area (Å²) in [7, 11) is 0. The Morgan fingerprint density at radius 2 is 1.71 bits per heavy atom. The Kier molecular flexibility index (Phi) is 11.4. The topological polar surface area (TPSA) is 90.5 Å². The van der Waals surface area contributed by atoms with E-state index in [1.807, 2.05) is 24.4 Å². The summed E-state index contributed by atoms with van der Waals surface area (Å²) in [5.74, 6) is 0.152. The minimum atomic E-state index is -0.675. The van der Waals surface area contributed by atoms with Crippen molar-refractivity contribution in [1.29, 1.82) is 0 Å². The lowest BCUT2D eigenvalue weighted by atomic mass is 10.0. The van der Waals surface area contributed by atoms with E-state index in [2.05, 4.69) is 35.1 Å². The number of allylic oxidation sites excluding steroid dienone is 1. The third-order valence-corrected chi connectivity index (χ3v) is 6.24. The molecule has 0 saturated heterocycles. The van der Waals surface area contributed by atoms with E-state index in [0.29, 0.717) is 13.0 Å². The second-order valence-corrected chi connectivity index (χ2v) is 9.34. The van der Waals surface area contributed by atoms with Crippen LogP contribution in [0.1, 0.15) is 101 Å². The number of aliphatic carboxylic acids is 1. The van der Waals surface area contributed by atoms with Crippen molar-refractivity contribution < 1.29 is 14.6 Å². The van der Waals surface area contributed by atoms with Gasteiger partial charge in [-0.1, -0.05) is 58.3 Å². The number of hydrogen-bond donors (Lipinski definition) is 3. The smallest absolute Gasteiger partial charge is 0.303 e. The third-order valence-electron chi connectivity index (χ3n) is 6.24. The molecule has 0 fully saturated rings. The van der Waals surface area contributed by atoms with Crippen LogP contribution in [-0.2, 0) is 16.0 Å². The fraction of sp³-hybridized carbons (Fsp3) is 0.517. The van der Waals surface area contributed by atoms with Crippen LogP contribution in [0.2, 0.25) is 0 Å². The zero-order valence-corrected chi connectivity index (χ0v) is 21.2. The van der Waals surface area contributed by atoms with Gasteiger partial charge in [0.2, 0.25) is 0 Å². The van der Waals surface area contributed by atoms with Crippen LogP contribution in [0.25, 0.3) is 6.08 Å². The third kappa shape index (κ3) is 9.63. The molecule has 1 aliphatic rings. The molecular formula is C29H41N3O3. The molecule has 2 aromatic heterocycles. The predicted molar refractivity (Wildman–Crippen MR) is 143 cm³/mol. The predicted octanol–water partition coefficient (Wildman–Crippen LogP) is 7.42. The van der Waals surface area contributed by atoms with E-state index in [1.54, 1.807) is 0 Å². The summed E-state index contributed by atoms with van der Waals surface area (Å²) in [5, 5.41) is 8.65. The summed E-state index contributed by atoms with van der Waals surface area (Å²) in [4.78, 5) is 22.0. The number of ether oxygens (including phenoxy) is 1. The van der Waals surface area contributed by atoms with Crippen molar-refractivity contribution in [3.8, 4) is 0 Å². The fourth-order valence-corrected chi connectivity index (χ4v) is 4.32. The minimum absolute atomic E-state index is 0.314. The van der Waals surface area contributed by atoms with Crippen LogP contribution in [0.3, 0.4) is 0 Å². The molecule has 6 nitrogen and oxygen atoms in total. The molecule has 0 spiro atoms. The highest BCUT2D eigenvalue weighted by atomic mass is 16.5. The maximum Gasteiger partial charge on any atom is 0.303 e. The van der Waals surface area contributed by atoms with Crippen LogP contribution in [0.5, 0.6) is 0 Å². The van der Waals surface area contributed by atoms with Gasteiger partial charge in [-0.3, -0.25) is 4.79 Å². The first-order valence-corrected chi connectivity index (χ1v) is 13.3. The number of carboxylic acids is 1. The molecule has 3 N–H and O–H groups in total. The number of carboxylic acid groups (broad SMARTS) is 1. The van der Waals surface area contributed by atoms with E-state index in [-0.39, 0.29) is 0 Å². The molecule has 0 atom stereocenters. The average molecular weight is 480 g/mol. The number of hydrogen-bond acceptors (Lipinski definition) is 3. The molecule has 2 aromatic rings. The Morgan fingerprint density at radius 1 is 1.00 bits per heavy atom. The molecule has 6 heteroatoms. The van der Waals surface area contributed by atoms with Crippen molar-refractivity contribution in [2.24, 2.45) is 4.99 Å². The summed E-state index contributed by atoms with van der Waals surface area (Å²) in [6.07, 6.45) is 20.2. The summed E-state index contributed by atoms with van der Waals surface area (Å²) < 4.78 is 5.95. The zero-order chi connectivity index (χ0) is 24.7. The largest absolute Gasteiger partial charge is 0.491 e. The number of aromatic amines is 2. The summed E-state index contributed by atoms with van der Waals surface area (Å²) in [6.45, 7) is 2.79. The molecule has 190 valence electrons. The number of aromatic nitrogens is 2. The van der Waals surface area contributed by atoms with Crippen molar-refractivity contribution >= 4 is 17.8 Å². The van der Waals surface area contributed by atoms with Crippen molar-refractivity contribution in [3.63, 3.8) is 0 Å². The van der Waals surface area contributed by atoms with E-state index in [9.17, 15) is 4.79 Å². The van der Waals surface area contributed by atoms with E-state index in [4.69, 9.17) is 14.8 Å². The van der Waals surface area contributed by atoms with Crippen LogP contribution in [-0.4, -0.2) is 33.4 Å². The Labute approximate surface area is 209 Å². The van der Waals surface area contributed by atoms with Crippen LogP contribution in [0, 0.1) is 0 Å². The molecule has 1 aliphatic heterocycles.